The van der Waals surface area contributed by atoms with Crippen LogP contribution < -0.4 is 0 Å². The van der Waals surface area contributed by atoms with Crippen LogP contribution in [0.3, 0.4) is 0 Å². The van der Waals surface area contributed by atoms with Crippen LogP contribution in [0.25, 0.3) is 21.9 Å². The van der Waals surface area contributed by atoms with Crippen molar-refractivity contribution < 1.29 is 5.11 Å². The molecule has 3 aromatic heterocycles. The number of fused-ring (bicyclic) bond motifs is 2. The van der Waals surface area contributed by atoms with Crippen molar-refractivity contribution in [2.45, 2.75) is 0 Å². The lowest BCUT2D eigenvalue weighted by Crippen LogP contribution is -1.82. The van der Waals surface area contributed by atoms with E-state index in [2.05, 4.69) is 35.9 Å². The molecule has 4 aromatic rings. The van der Waals surface area contributed by atoms with Crippen molar-refractivity contribution in [1.82, 2.24) is 15.0 Å². The number of aromatic nitrogens is 3. The number of rotatable bonds is 2. The monoisotopic (exact) mass is 366 g/mol. The highest BCUT2D eigenvalue weighted by Crippen LogP contribution is 2.28. The quantitative estimate of drug-likeness (QED) is 0.518. The molecular formula is C17H11BrN4O. The SMILES string of the molecule is Oc1[nH]c2ncc(Br)cc2c1C=Nc1cccc2cccnc12. The number of para-hydroxylation sites is 1. The Hall–Kier alpha value is -2.73. The van der Waals surface area contributed by atoms with Gasteiger partial charge < -0.3 is 10.1 Å². The molecular weight excluding hydrogens is 356 g/mol. The van der Waals surface area contributed by atoms with Crippen molar-refractivity contribution in [2.75, 3.05) is 0 Å². The number of pyridine rings is 2. The second-order valence-corrected chi connectivity index (χ2v) is 5.96. The molecule has 3 heterocycles. The summed E-state index contributed by atoms with van der Waals surface area (Å²) in [5, 5.41) is 11.9. The smallest absolute Gasteiger partial charge is 0.199 e. The number of hydrogen-bond donors (Lipinski definition) is 2. The Kier molecular flexibility index (Phi) is 3.31. The van der Waals surface area contributed by atoms with Crippen molar-refractivity contribution in [3.05, 3.63) is 58.8 Å². The predicted octanol–water partition coefficient (Wildman–Crippen LogP) is 4.33. The summed E-state index contributed by atoms with van der Waals surface area (Å²) in [5.74, 6) is 0.0440. The summed E-state index contributed by atoms with van der Waals surface area (Å²) in [6.45, 7) is 0. The predicted molar refractivity (Wildman–Crippen MR) is 94.5 cm³/mol. The number of H-pyrrole nitrogens is 1. The van der Waals surface area contributed by atoms with Crippen LogP contribution in [0, 0.1) is 0 Å². The van der Waals surface area contributed by atoms with E-state index in [9.17, 15) is 5.11 Å². The minimum absolute atomic E-state index is 0.0440. The lowest BCUT2D eigenvalue weighted by atomic mass is 10.2. The third kappa shape index (κ3) is 2.47. The van der Waals surface area contributed by atoms with Gasteiger partial charge in [0.2, 0.25) is 0 Å². The van der Waals surface area contributed by atoms with E-state index in [0.29, 0.717) is 11.2 Å². The van der Waals surface area contributed by atoms with Gasteiger partial charge >= 0.3 is 0 Å². The van der Waals surface area contributed by atoms with Gasteiger partial charge in [-0.1, -0.05) is 18.2 Å². The molecule has 0 aliphatic heterocycles. The highest BCUT2D eigenvalue weighted by molar-refractivity contribution is 9.10. The Morgan fingerprint density at radius 1 is 1.17 bits per heavy atom. The number of nitrogens with zero attached hydrogens (tertiary/aromatic N) is 3. The zero-order chi connectivity index (χ0) is 15.8. The first-order valence-electron chi connectivity index (χ1n) is 6.96. The van der Waals surface area contributed by atoms with Crippen LogP contribution in [0.1, 0.15) is 5.56 Å². The van der Waals surface area contributed by atoms with Crippen LogP contribution in [0.15, 0.2) is 58.3 Å². The molecule has 0 bridgehead atoms. The summed E-state index contributed by atoms with van der Waals surface area (Å²) < 4.78 is 0.838. The van der Waals surface area contributed by atoms with Gasteiger partial charge in [0, 0.05) is 33.9 Å². The molecule has 1 aromatic carbocycles. The van der Waals surface area contributed by atoms with Crippen LogP contribution in [-0.4, -0.2) is 26.3 Å². The molecule has 0 saturated carbocycles. The fraction of sp³-hybridized carbons (Fsp3) is 0. The molecule has 0 fully saturated rings. The first-order valence-corrected chi connectivity index (χ1v) is 7.76. The number of aromatic amines is 1. The van der Waals surface area contributed by atoms with Gasteiger partial charge in [-0.3, -0.25) is 9.98 Å². The topological polar surface area (TPSA) is 74.2 Å². The van der Waals surface area contributed by atoms with E-state index in [1.807, 2.05) is 36.4 Å². The lowest BCUT2D eigenvalue weighted by Gasteiger charge is -2.00. The molecule has 0 unspecified atom stereocenters. The molecule has 4 rings (SSSR count). The van der Waals surface area contributed by atoms with E-state index in [-0.39, 0.29) is 5.88 Å². The van der Waals surface area contributed by atoms with E-state index < -0.39 is 0 Å². The average Bonchev–Trinajstić information content (AvgIpc) is 2.87. The highest BCUT2D eigenvalue weighted by atomic mass is 79.9. The van der Waals surface area contributed by atoms with Crippen LogP contribution in [0.5, 0.6) is 5.88 Å². The summed E-state index contributed by atoms with van der Waals surface area (Å²) in [7, 11) is 0. The third-order valence-corrected chi connectivity index (χ3v) is 4.01. The van der Waals surface area contributed by atoms with Crippen LogP contribution in [0.4, 0.5) is 5.69 Å². The second kappa shape index (κ2) is 5.48. The number of aromatic hydroxyl groups is 1. The zero-order valence-corrected chi connectivity index (χ0v) is 13.4. The standard InChI is InChI=1S/C17H11BrN4O/c18-11-7-12-13(17(23)22-16(12)21-8-11)9-20-14-5-1-3-10-4-2-6-19-15(10)14/h1-9,23H,(H,21,22). The van der Waals surface area contributed by atoms with E-state index in [1.165, 1.54) is 0 Å². The molecule has 0 atom stereocenters. The van der Waals surface area contributed by atoms with E-state index in [0.717, 1.165) is 26.4 Å². The minimum Gasteiger partial charge on any atom is -0.494 e. The molecule has 2 N–H and O–H groups in total. The van der Waals surface area contributed by atoms with Gasteiger partial charge in [-0.15, -0.1) is 0 Å². The molecule has 0 saturated heterocycles. The number of aliphatic imine (C=N–C) groups is 1. The summed E-state index contributed by atoms with van der Waals surface area (Å²) in [5.41, 5.74) is 2.79. The normalized spacial score (nSPS) is 11.7. The summed E-state index contributed by atoms with van der Waals surface area (Å²) >= 11 is 3.39. The zero-order valence-electron chi connectivity index (χ0n) is 11.9. The van der Waals surface area contributed by atoms with Gasteiger partial charge in [0.25, 0.3) is 0 Å². The van der Waals surface area contributed by atoms with Crippen LogP contribution >= 0.6 is 15.9 Å². The molecule has 5 nitrogen and oxygen atoms in total. The summed E-state index contributed by atoms with van der Waals surface area (Å²) in [6, 6.07) is 11.6. The first-order chi connectivity index (χ1) is 11.2. The Morgan fingerprint density at radius 2 is 2.04 bits per heavy atom. The molecule has 6 heteroatoms. The van der Waals surface area contributed by atoms with E-state index in [1.54, 1.807) is 18.6 Å². The van der Waals surface area contributed by atoms with Gasteiger partial charge in [0.15, 0.2) is 5.88 Å². The molecule has 0 spiro atoms. The fourth-order valence-corrected chi connectivity index (χ4v) is 2.84. The Morgan fingerprint density at radius 3 is 2.96 bits per heavy atom. The summed E-state index contributed by atoms with van der Waals surface area (Å²) in [4.78, 5) is 16.0. The fourth-order valence-electron chi connectivity index (χ4n) is 2.51. The maximum absolute atomic E-state index is 10.1. The van der Waals surface area contributed by atoms with Gasteiger partial charge in [0.1, 0.15) is 5.65 Å². The average molecular weight is 367 g/mol. The molecule has 112 valence electrons. The maximum atomic E-state index is 10.1. The third-order valence-electron chi connectivity index (χ3n) is 3.58. The molecule has 23 heavy (non-hydrogen) atoms. The molecule has 0 aliphatic carbocycles. The Bertz CT molecular complexity index is 1050. The first kappa shape index (κ1) is 13.9. The van der Waals surface area contributed by atoms with Crippen LogP contribution in [-0.2, 0) is 0 Å². The van der Waals surface area contributed by atoms with Gasteiger partial charge in [-0.05, 0) is 34.1 Å². The molecule has 0 amide bonds. The second-order valence-electron chi connectivity index (χ2n) is 5.05. The Labute approximate surface area is 139 Å². The van der Waals surface area contributed by atoms with Crippen molar-refractivity contribution in [1.29, 1.82) is 0 Å². The number of nitrogens with one attached hydrogen (secondary N) is 1. The van der Waals surface area contributed by atoms with Crippen molar-refractivity contribution >= 4 is 49.8 Å². The number of benzene rings is 1. The molecule has 0 radical (unpaired) electrons. The van der Waals surface area contributed by atoms with Gasteiger partial charge in [-0.25, -0.2) is 4.98 Å². The van der Waals surface area contributed by atoms with Gasteiger partial charge in [0.05, 0.1) is 16.8 Å². The number of hydrogen-bond acceptors (Lipinski definition) is 4. The van der Waals surface area contributed by atoms with E-state index in [4.69, 9.17) is 0 Å². The number of halogens is 1. The van der Waals surface area contributed by atoms with E-state index >= 15 is 0 Å². The largest absolute Gasteiger partial charge is 0.494 e. The molecule has 0 aliphatic rings. The highest BCUT2D eigenvalue weighted by Gasteiger charge is 2.10. The minimum atomic E-state index is 0.0440. The Balaban J connectivity index is 1.85. The maximum Gasteiger partial charge on any atom is 0.199 e. The van der Waals surface area contributed by atoms with Crippen molar-refractivity contribution in [3.63, 3.8) is 0 Å². The van der Waals surface area contributed by atoms with Crippen molar-refractivity contribution in [3.8, 4) is 5.88 Å². The van der Waals surface area contributed by atoms with Gasteiger partial charge in [-0.2, -0.15) is 0 Å². The summed E-state index contributed by atoms with van der Waals surface area (Å²) in [6.07, 6.45) is 5.05. The van der Waals surface area contributed by atoms with Crippen molar-refractivity contribution in [2.24, 2.45) is 4.99 Å². The lowest BCUT2D eigenvalue weighted by molar-refractivity contribution is 0.457. The van der Waals surface area contributed by atoms with Crippen LogP contribution in [0.2, 0.25) is 0 Å².